The summed E-state index contributed by atoms with van der Waals surface area (Å²) in [5.41, 5.74) is 7.15. The van der Waals surface area contributed by atoms with E-state index >= 15 is 0 Å². The number of carbonyl (C=O) groups is 3. The minimum Gasteiger partial charge on any atom is -0.274 e. The third-order valence-corrected chi connectivity index (χ3v) is 7.03. The molecule has 3 aromatic rings. The van der Waals surface area contributed by atoms with Gasteiger partial charge in [0.05, 0.1) is 17.6 Å². The van der Waals surface area contributed by atoms with Crippen LogP contribution in [-0.2, 0) is 16.0 Å². The Labute approximate surface area is 206 Å². The highest BCUT2D eigenvalue weighted by Crippen LogP contribution is 2.42. The number of imide groups is 1. The van der Waals surface area contributed by atoms with Gasteiger partial charge < -0.3 is 0 Å². The summed E-state index contributed by atoms with van der Waals surface area (Å²) in [6, 6.07) is 20.9. The second-order valence-electron chi connectivity index (χ2n) is 8.71. The smallest absolute Gasteiger partial charge is 0.268 e. The summed E-state index contributed by atoms with van der Waals surface area (Å²) in [6.07, 6.45) is 0.899. The number of halogens is 1. The van der Waals surface area contributed by atoms with Gasteiger partial charge in [0, 0.05) is 10.0 Å². The number of nitrogens with zero attached hydrogens (tertiary/aromatic N) is 2. The molecule has 2 aliphatic heterocycles. The maximum Gasteiger partial charge on any atom is 0.268 e. The van der Waals surface area contributed by atoms with E-state index < -0.39 is 23.9 Å². The van der Waals surface area contributed by atoms with Gasteiger partial charge in [-0.25, -0.2) is 10.3 Å². The van der Waals surface area contributed by atoms with Gasteiger partial charge in [-0.05, 0) is 60.4 Å². The van der Waals surface area contributed by atoms with E-state index in [0.717, 1.165) is 22.0 Å². The molecule has 2 heterocycles. The minimum absolute atomic E-state index is 0.304. The Morgan fingerprint density at radius 3 is 2.38 bits per heavy atom. The molecule has 0 spiro atoms. The number of hydrazine groups is 1. The largest absolute Gasteiger partial charge is 0.274 e. The van der Waals surface area contributed by atoms with Crippen LogP contribution in [0, 0.1) is 12.8 Å². The van der Waals surface area contributed by atoms with E-state index in [1.165, 1.54) is 15.5 Å². The van der Waals surface area contributed by atoms with Crippen molar-refractivity contribution >= 4 is 39.3 Å². The van der Waals surface area contributed by atoms with E-state index in [1.54, 1.807) is 24.3 Å². The molecule has 5 rings (SSSR count). The molecule has 2 aliphatic rings. The maximum absolute atomic E-state index is 13.7. The second-order valence-corrected chi connectivity index (χ2v) is 9.62. The van der Waals surface area contributed by atoms with Crippen LogP contribution in [0.5, 0.6) is 0 Å². The van der Waals surface area contributed by atoms with Crippen LogP contribution >= 0.6 is 15.9 Å². The van der Waals surface area contributed by atoms with Gasteiger partial charge in [0.15, 0.2) is 0 Å². The van der Waals surface area contributed by atoms with Crippen LogP contribution in [-0.4, -0.2) is 28.8 Å². The zero-order chi connectivity index (χ0) is 24.0. The molecule has 34 heavy (non-hydrogen) atoms. The maximum atomic E-state index is 13.7. The first-order valence-corrected chi connectivity index (χ1v) is 12.1. The van der Waals surface area contributed by atoms with Gasteiger partial charge in [-0.3, -0.25) is 19.4 Å². The average Bonchev–Trinajstić information content (AvgIpc) is 3.35. The molecule has 7 heteroatoms. The number of benzene rings is 3. The number of aryl methyl sites for hydroxylation is 2. The SMILES string of the molecule is CCc1ccc(C2NN(C(=O)c3cccc(Br)c3)C3C(=O)N(c4cccc(C)c4)C(=O)C23)cc1. The number of fused-ring (bicyclic) bond motifs is 1. The molecule has 0 bridgehead atoms. The summed E-state index contributed by atoms with van der Waals surface area (Å²) >= 11 is 3.41. The number of hydrogen-bond acceptors (Lipinski definition) is 4. The van der Waals surface area contributed by atoms with E-state index in [4.69, 9.17) is 0 Å². The molecular weight excluding hydrogens is 494 g/mol. The Kier molecular flexibility index (Phi) is 5.83. The molecule has 0 aliphatic carbocycles. The van der Waals surface area contributed by atoms with Crippen molar-refractivity contribution in [2.45, 2.75) is 32.4 Å². The summed E-state index contributed by atoms with van der Waals surface area (Å²) in [5, 5.41) is 1.35. The standard InChI is InChI=1S/C27H24BrN3O3/c1-3-17-10-12-18(13-11-17)23-22-24(31(29-23)25(32)19-7-5-8-20(28)15-19)27(34)30(26(22)33)21-9-4-6-16(2)14-21/h4-15,22-24,29H,3H2,1-2H3. The molecule has 0 aromatic heterocycles. The molecule has 0 saturated carbocycles. The van der Waals surface area contributed by atoms with Crippen molar-refractivity contribution in [3.05, 3.63) is 99.5 Å². The van der Waals surface area contributed by atoms with E-state index in [0.29, 0.717) is 11.3 Å². The van der Waals surface area contributed by atoms with Crippen LogP contribution in [0.1, 0.15) is 40.0 Å². The fraction of sp³-hybridized carbons (Fsp3) is 0.222. The van der Waals surface area contributed by atoms with Gasteiger partial charge in [-0.15, -0.1) is 0 Å². The van der Waals surface area contributed by atoms with Crippen LogP contribution in [0.15, 0.2) is 77.3 Å². The molecule has 6 nitrogen and oxygen atoms in total. The number of anilines is 1. The first-order valence-electron chi connectivity index (χ1n) is 11.3. The number of carbonyl (C=O) groups excluding carboxylic acids is 3. The zero-order valence-electron chi connectivity index (χ0n) is 18.9. The Morgan fingerprint density at radius 2 is 1.71 bits per heavy atom. The van der Waals surface area contributed by atoms with Crippen molar-refractivity contribution in [2.24, 2.45) is 5.92 Å². The Morgan fingerprint density at radius 1 is 0.971 bits per heavy atom. The van der Waals surface area contributed by atoms with Crippen molar-refractivity contribution in [3.8, 4) is 0 Å². The average molecular weight is 518 g/mol. The van der Waals surface area contributed by atoms with Crippen molar-refractivity contribution < 1.29 is 14.4 Å². The van der Waals surface area contributed by atoms with Gasteiger partial charge in [0.1, 0.15) is 6.04 Å². The highest BCUT2D eigenvalue weighted by molar-refractivity contribution is 9.10. The molecular formula is C27H24BrN3O3. The van der Waals surface area contributed by atoms with Crippen LogP contribution in [0.25, 0.3) is 0 Å². The summed E-state index contributed by atoms with van der Waals surface area (Å²) in [4.78, 5) is 42.1. The molecule has 172 valence electrons. The van der Waals surface area contributed by atoms with Crippen LogP contribution in [0.3, 0.4) is 0 Å². The molecule has 3 aromatic carbocycles. The third kappa shape index (κ3) is 3.75. The van der Waals surface area contributed by atoms with E-state index in [2.05, 4.69) is 28.3 Å². The predicted molar refractivity (Wildman–Crippen MR) is 133 cm³/mol. The first kappa shape index (κ1) is 22.5. The van der Waals surface area contributed by atoms with Crippen molar-refractivity contribution in [3.63, 3.8) is 0 Å². The number of rotatable bonds is 4. The monoisotopic (exact) mass is 517 g/mol. The van der Waals surface area contributed by atoms with Crippen molar-refractivity contribution in [1.29, 1.82) is 0 Å². The van der Waals surface area contributed by atoms with Crippen LogP contribution in [0.2, 0.25) is 0 Å². The van der Waals surface area contributed by atoms with Gasteiger partial charge >= 0.3 is 0 Å². The van der Waals surface area contributed by atoms with Crippen molar-refractivity contribution in [1.82, 2.24) is 10.4 Å². The van der Waals surface area contributed by atoms with E-state index in [-0.39, 0.29) is 11.8 Å². The fourth-order valence-electron chi connectivity index (χ4n) is 4.79. The highest BCUT2D eigenvalue weighted by Gasteiger charge is 2.60. The van der Waals surface area contributed by atoms with E-state index in [9.17, 15) is 14.4 Å². The lowest BCUT2D eigenvalue weighted by Gasteiger charge is -2.25. The summed E-state index contributed by atoms with van der Waals surface area (Å²) in [5.74, 6) is -1.78. The zero-order valence-corrected chi connectivity index (χ0v) is 20.5. The number of hydrogen-bond donors (Lipinski definition) is 1. The predicted octanol–water partition coefficient (Wildman–Crippen LogP) is 4.58. The molecule has 2 fully saturated rings. The lowest BCUT2D eigenvalue weighted by atomic mass is 9.90. The quantitative estimate of drug-likeness (QED) is 0.514. The molecule has 3 unspecified atom stereocenters. The lowest BCUT2D eigenvalue weighted by molar-refractivity contribution is -0.123. The lowest BCUT2D eigenvalue weighted by Crippen LogP contribution is -2.48. The summed E-state index contributed by atoms with van der Waals surface area (Å²) in [6.45, 7) is 3.99. The van der Waals surface area contributed by atoms with Crippen LogP contribution in [0.4, 0.5) is 5.69 Å². The number of amides is 3. The molecule has 1 N–H and O–H groups in total. The number of nitrogens with one attached hydrogen (secondary N) is 1. The molecule has 3 atom stereocenters. The van der Waals surface area contributed by atoms with Gasteiger partial charge in [-0.2, -0.15) is 0 Å². The van der Waals surface area contributed by atoms with Crippen LogP contribution < -0.4 is 10.3 Å². The molecule has 3 amide bonds. The van der Waals surface area contributed by atoms with Crippen molar-refractivity contribution in [2.75, 3.05) is 4.90 Å². The molecule has 2 saturated heterocycles. The second kappa shape index (κ2) is 8.81. The van der Waals surface area contributed by atoms with E-state index in [1.807, 2.05) is 55.5 Å². The molecule has 0 radical (unpaired) electrons. The normalized spacial score (nSPS) is 21.8. The Hall–Kier alpha value is -3.29. The Bertz CT molecular complexity index is 1290. The summed E-state index contributed by atoms with van der Waals surface area (Å²) in [7, 11) is 0. The third-order valence-electron chi connectivity index (χ3n) is 6.53. The first-order chi connectivity index (χ1) is 16.4. The summed E-state index contributed by atoms with van der Waals surface area (Å²) < 4.78 is 0.760. The topological polar surface area (TPSA) is 69.7 Å². The van der Waals surface area contributed by atoms with Gasteiger partial charge in [-0.1, -0.05) is 65.3 Å². The fourth-order valence-corrected chi connectivity index (χ4v) is 5.19. The Balaban J connectivity index is 1.58. The minimum atomic E-state index is -0.935. The highest BCUT2D eigenvalue weighted by atomic mass is 79.9. The van der Waals surface area contributed by atoms with Gasteiger partial charge in [0.2, 0.25) is 5.91 Å². The van der Waals surface area contributed by atoms with Gasteiger partial charge in [0.25, 0.3) is 11.8 Å².